The molecular formula is C12H12F3NO3S. The molecule has 110 valence electrons. The fraction of sp³-hybridized carbons (Fsp3) is 0.333. The maximum Gasteiger partial charge on any atom is 0.412 e. The minimum absolute atomic E-state index is 0.262. The van der Waals surface area contributed by atoms with E-state index in [9.17, 15) is 26.7 Å². The van der Waals surface area contributed by atoms with Gasteiger partial charge in [0.15, 0.2) is 0 Å². The number of phenolic OH excluding ortho intramolecular Hbond substituents is 1. The normalized spacial score (nSPS) is 17.9. The van der Waals surface area contributed by atoms with Gasteiger partial charge < -0.3 is 5.11 Å². The van der Waals surface area contributed by atoms with Crippen LogP contribution in [0.15, 0.2) is 40.8 Å². The van der Waals surface area contributed by atoms with E-state index in [-0.39, 0.29) is 18.0 Å². The second kappa shape index (κ2) is 5.10. The fourth-order valence-electron chi connectivity index (χ4n) is 1.94. The Morgan fingerprint density at radius 1 is 1.20 bits per heavy atom. The van der Waals surface area contributed by atoms with E-state index in [1.165, 1.54) is 24.3 Å². The lowest BCUT2D eigenvalue weighted by Gasteiger charge is -2.26. The van der Waals surface area contributed by atoms with E-state index < -0.39 is 33.9 Å². The summed E-state index contributed by atoms with van der Waals surface area (Å²) in [5, 5.41) is 9.56. The Morgan fingerprint density at radius 2 is 1.85 bits per heavy atom. The maximum atomic E-state index is 12.5. The highest BCUT2D eigenvalue weighted by Crippen LogP contribution is 2.32. The summed E-state index contributed by atoms with van der Waals surface area (Å²) in [5.41, 5.74) is -0.721. The van der Waals surface area contributed by atoms with E-state index in [4.69, 9.17) is 0 Å². The molecule has 0 fully saturated rings. The second-order valence-corrected chi connectivity index (χ2v) is 6.21. The third-order valence-electron chi connectivity index (χ3n) is 3.02. The van der Waals surface area contributed by atoms with Crippen molar-refractivity contribution in [2.45, 2.75) is 17.5 Å². The Labute approximate surface area is 114 Å². The van der Waals surface area contributed by atoms with Crippen LogP contribution in [0.25, 0.3) is 0 Å². The average molecular weight is 307 g/mol. The number of benzene rings is 1. The molecule has 8 heteroatoms. The number of aromatic hydroxyl groups is 1. The number of halogens is 3. The van der Waals surface area contributed by atoms with E-state index in [1.807, 2.05) is 0 Å². The molecule has 0 radical (unpaired) electrons. The van der Waals surface area contributed by atoms with Crippen molar-refractivity contribution in [2.24, 2.45) is 0 Å². The molecule has 2 rings (SSSR count). The third kappa shape index (κ3) is 2.80. The van der Waals surface area contributed by atoms with Gasteiger partial charge in [0.1, 0.15) is 10.6 Å². The fourth-order valence-corrected chi connectivity index (χ4v) is 3.40. The van der Waals surface area contributed by atoms with Crippen molar-refractivity contribution in [1.82, 2.24) is 4.31 Å². The van der Waals surface area contributed by atoms with Gasteiger partial charge in [-0.3, -0.25) is 0 Å². The minimum Gasteiger partial charge on any atom is -0.507 e. The molecule has 0 saturated carbocycles. The number of para-hydroxylation sites is 1. The highest BCUT2D eigenvalue weighted by atomic mass is 32.2. The number of rotatable bonds is 2. The van der Waals surface area contributed by atoms with Crippen LogP contribution in [-0.4, -0.2) is 37.1 Å². The van der Waals surface area contributed by atoms with Crippen LogP contribution in [0, 0.1) is 0 Å². The lowest BCUT2D eigenvalue weighted by molar-refractivity contribution is -0.0953. The first-order valence-electron chi connectivity index (χ1n) is 5.77. The zero-order valence-corrected chi connectivity index (χ0v) is 11.1. The monoisotopic (exact) mass is 307 g/mol. The van der Waals surface area contributed by atoms with Gasteiger partial charge in [-0.25, -0.2) is 8.42 Å². The summed E-state index contributed by atoms with van der Waals surface area (Å²) in [7, 11) is -3.99. The van der Waals surface area contributed by atoms with Gasteiger partial charge in [-0.15, -0.1) is 0 Å². The molecular weight excluding hydrogens is 295 g/mol. The van der Waals surface area contributed by atoms with Crippen LogP contribution in [0.3, 0.4) is 0 Å². The molecule has 1 aromatic carbocycles. The number of phenols is 1. The maximum absolute atomic E-state index is 12.5. The van der Waals surface area contributed by atoms with Gasteiger partial charge in [-0.2, -0.15) is 17.5 Å². The topological polar surface area (TPSA) is 57.6 Å². The van der Waals surface area contributed by atoms with Crippen LogP contribution in [0.1, 0.15) is 6.42 Å². The number of hydrogen-bond acceptors (Lipinski definition) is 3. The molecule has 1 N–H and O–H groups in total. The molecule has 0 saturated heterocycles. The summed E-state index contributed by atoms with van der Waals surface area (Å²) in [6.07, 6.45) is -3.96. The van der Waals surface area contributed by atoms with Crippen molar-refractivity contribution in [1.29, 1.82) is 0 Å². The quantitative estimate of drug-likeness (QED) is 0.853. The summed E-state index contributed by atoms with van der Waals surface area (Å²) < 4.78 is 62.8. The summed E-state index contributed by atoms with van der Waals surface area (Å²) in [5.74, 6) is -0.418. The van der Waals surface area contributed by atoms with Crippen LogP contribution >= 0.6 is 0 Å². The SMILES string of the molecule is O=S(=O)(c1ccccc1O)N1CC=C(C(F)(F)F)CC1. The Hall–Kier alpha value is -1.54. The second-order valence-electron chi connectivity index (χ2n) is 4.31. The van der Waals surface area contributed by atoms with Gasteiger partial charge >= 0.3 is 6.18 Å². The van der Waals surface area contributed by atoms with Crippen molar-refractivity contribution in [2.75, 3.05) is 13.1 Å². The van der Waals surface area contributed by atoms with Gasteiger partial charge in [0.2, 0.25) is 10.0 Å². The molecule has 0 atom stereocenters. The van der Waals surface area contributed by atoms with Crippen molar-refractivity contribution in [3.05, 3.63) is 35.9 Å². The van der Waals surface area contributed by atoms with Crippen molar-refractivity contribution in [3.63, 3.8) is 0 Å². The van der Waals surface area contributed by atoms with Crippen molar-refractivity contribution < 1.29 is 26.7 Å². The standard InChI is InChI=1S/C12H12F3NO3S/c13-12(14,15)9-5-7-16(8-6-9)20(18,19)11-4-2-1-3-10(11)17/h1-5,17H,6-8H2. The number of nitrogens with zero attached hydrogens (tertiary/aromatic N) is 1. The lowest BCUT2D eigenvalue weighted by Crippen LogP contribution is -2.36. The van der Waals surface area contributed by atoms with Gasteiger partial charge in [0, 0.05) is 18.7 Å². The molecule has 1 aromatic rings. The largest absolute Gasteiger partial charge is 0.507 e. The molecule has 0 spiro atoms. The molecule has 1 heterocycles. The van der Waals surface area contributed by atoms with Gasteiger partial charge in [0.05, 0.1) is 0 Å². The zero-order valence-electron chi connectivity index (χ0n) is 10.3. The molecule has 1 aliphatic rings. The predicted octanol–water partition coefficient (Wildman–Crippen LogP) is 2.28. The molecule has 20 heavy (non-hydrogen) atoms. The highest BCUT2D eigenvalue weighted by molar-refractivity contribution is 7.89. The summed E-state index contributed by atoms with van der Waals surface area (Å²) in [4.78, 5) is -0.302. The molecule has 0 aromatic heterocycles. The molecule has 4 nitrogen and oxygen atoms in total. The first kappa shape index (κ1) is 14.9. The number of sulfonamides is 1. The first-order valence-corrected chi connectivity index (χ1v) is 7.21. The molecule has 0 unspecified atom stereocenters. The van der Waals surface area contributed by atoms with Crippen LogP contribution in [0.4, 0.5) is 13.2 Å². The van der Waals surface area contributed by atoms with Crippen LogP contribution in [0.5, 0.6) is 5.75 Å². The van der Waals surface area contributed by atoms with E-state index in [0.717, 1.165) is 10.4 Å². The summed E-state index contributed by atoms with van der Waals surface area (Å²) >= 11 is 0. The van der Waals surface area contributed by atoms with E-state index >= 15 is 0 Å². The van der Waals surface area contributed by atoms with Gasteiger partial charge in [0.25, 0.3) is 0 Å². The average Bonchev–Trinajstić information content (AvgIpc) is 2.38. The molecule has 0 bridgehead atoms. The van der Waals surface area contributed by atoms with E-state index in [1.54, 1.807) is 0 Å². The Balaban J connectivity index is 2.27. The third-order valence-corrected chi connectivity index (χ3v) is 4.93. The summed E-state index contributed by atoms with van der Waals surface area (Å²) in [6, 6.07) is 5.33. The van der Waals surface area contributed by atoms with Crippen LogP contribution < -0.4 is 0 Å². The zero-order chi connectivity index (χ0) is 15.0. The Morgan fingerprint density at radius 3 is 2.35 bits per heavy atom. The van der Waals surface area contributed by atoms with Crippen molar-refractivity contribution >= 4 is 10.0 Å². The predicted molar refractivity (Wildman–Crippen MR) is 65.6 cm³/mol. The van der Waals surface area contributed by atoms with E-state index in [2.05, 4.69) is 0 Å². The van der Waals surface area contributed by atoms with Crippen LogP contribution in [-0.2, 0) is 10.0 Å². The Kier molecular flexibility index (Phi) is 3.79. The van der Waals surface area contributed by atoms with Crippen LogP contribution in [0.2, 0.25) is 0 Å². The van der Waals surface area contributed by atoms with Gasteiger partial charge in [-0.05, 0) is 18.6 Å². The number of hydrogen-bond donors (Lipinski definition) is 1. The molecule has 0 amide bonds. The van der Waals surface area contributed by atoms with Gasteiger partial charge in [-0.1, -0.05) is 18.2 Å². The van der Waals surface area contributed by atoms with E-state index in [0.29, 0.717) is 0 Å². The Bertz CT molecular complexity index is 638. The lowest BCUT2D eigenvalue weighted by atomic mass is 10.1. The molecule has 1 aliphatic heterocycles. The first-order chi connectivity index (χ1) is 9.23. The summed E-state index contributed by atoms with van der Waals surface area (Å²) in [6.45, 7) is -0.618. The highest BCUT2D eigenvalue weighted by Gasteiger charge is 2.37. The smallest absolute Gasteiger partial charge is 0.412 e. The minimum atomic E-state index is -4.43. The molecule has 0 aliphatic carbocycles. The number of alkyl halides is 3. The van der Waals surface area contributed by atoms with Crippen molar-refractivity contribution in [3.8, 4) is 5.75 Å².